The number of nitrogens with zero attached hydrogens (tertiary/aromatic N) is 1. The topological polar surface area (TPSA) is 118 Å². The number of nitrogens with one attached hydrogen (secondary N) is 2. The van der Waals surface area contributed by atoms with Gasteiger partial charge in [0.25, 0.3) is 5.91 Å². The molecule has 0 fully saturated rings. The Morgan fingerprint density at radius 1 is 0.920 bits per heavy atom. The van der Waals surface area contributed by atoms with Gasteiger partial charge >= 0.3 is 5.97 Å². The molecule has 1 amide bonds. The summed E-state index contributed by atoms with van der Waals surface area (Å²) in [6.07, 6.45) is 0.239. The standard InChI is InChI=1S/C40H44ClN3O6/c1-39(2,3)50-35(46)21-23-40(38(47)44-42-24-22-28-9-7-12-33(41)27-28)36(31-15-13-30(14-16-31)29-10-5-4-6-11-29)49-37(43-40)32-17-19-34(20-18-32)48-26-8-25-45/h4-7,9-20,27,36,42,45H,8,21-26H2,1-3H3,(H,44,47)/t36-,40-/m0/s1. The molecule has 4 aromatic carbocycles. The second-order valence-electron chi connectivity index (χ2n) is 13.1. The van der Waals surface area contributed by atoms with Crippen LogP contribution in [0, 0.1) is 0 Å². The Balaban J connectivity index is 1.47. The van der Waals surface area contributed by atoms with E-state index >= 15 is 0 Å². The number of hydrogen-bond acceptors (Lipinski definition) is 8. The molecule has 1 aliphatic heterocycles. The highest BCUT2D eigenvalue weighted by Gasteiger charge is 2.53. The molecule has 262 valence electrons. The highest BCUT2D eigenvalue weighted by molar-refractivity contribution is 6.30. The van der Waals surface area contributed by atoms with Crippen molar-refractivity contribution in [2.45, 2.75) is 63.7 Å². The smallest absolute Gasteiger partial charge is 0.306 e. The van der Waals surface area contributed by atoms with Gasteiger partial charge in [-0.15, -0.1) is 0 Å². The predicted molar refractivity (Wildman–Crippen MR) is 195 cm³/mol. The molecule has 4 aromatic rings. The van der Waals surface area contributed by atoms with Crippen LogP contribution in [0.5, 0.6) is 5.75 Å². The third-order valence-electron chi connectivity index (χ3n) is 8.11. The molecule has 0 bridgehead atoms. The number of halogens is 1. The van der Waals surface area contributed by atoms with Crippen LogP contribution in [0.15, 0.2) is 108 Å². The van der Waals surface area contributed by atoms with E-state index in [0.29, 0.717) is 42.3 Å². The molecule has 1 heterocycles. The number of hydrazine groups is 1. The van der Waals surface area contributed by atoms with E-state index in [1.807, 2.05) is 91.0 Å². The molecule has 0 spiro atoms. The highest BCUT2D eigenvalue weighted by atomic mass is 35.5. The van der Waals surface area contributed by atoms with E-state index in [-0.39, 0.29) is 25.3 Å². The molecule has 5 rings (SSSR count). The normalized spacial score (nSPS) is 17.1. The van der Waals surface area contributed by atoms with E-state index in [4.69, 9.17) is 35.9 Å². The fourth-order valence-corrected chi connectivity index (χ4v) is 5.90. The Kier molecular flexibility index (Phi) is 12.3. The number of hydrogen-bond donors (Lipinski definition) is 3. The van der Waals surface area contributed by atoms with Crippen LogP contribution >= 0.6 is 11.6 Å². The fourth-order valence-electron chi connectivity index (χ4n) is 5.69. The largest absolute Gasteiger partial charge is 0.494 e. The molecule has 50 heavy (non-hydrogen) atoms. The van der Waals surface area contributed by atoms with Crippen molar-refractivity contribution in [3.63, 3.8) is 0 Å². The van der Waals surface area contributed by atoms with Crippen LogP contribution in [0.4, 0.5) is 0 Å². The van der Waals surface area contributed by atoms with Gasteiger partial charge in [0.15, 0.2) is 11.6 Å². The zero-order valence-corrected chi connectivity index (χ0v) is 29.4. The molecular weight excluding hydrogens is 654 g/mol. The molecule has 2 atom stereocenters. The molecule has 3 N–H and O–H groups in total. The quantitative estimate of drug-likeness (QED) is 0.0695. The summed E-state index contributed by atoms with van der Waals surface area (Å²) in [6.45, 7) is 6.27. The summed E-state index contributed by atoms with van der Waals surface area (Å²) in [4.78, 5) is 32.5. The lowest BCUT2D eigenvalue weighted by Crippen LogP contribution is -2.53. The monoisotopic (exact) mass is 697 g/mol. The number of aliphatic imine (C=N–C) groups is 1. The van der Waals surface area contributed by atoms with Crippen LogP contribution in [0.25, 0.3) is 11.1 Å². The summed E-state index contributed by atoms with van der Waals surface area (Å²) in [5.74, 6) is 0.0158. The van der Waals surface area contributed by atoms with Crippen molar-refractivity contribution in [3.05, 3.63) is 125 Å². The van der Waals surface area contributed by atoms with Gasteiger partial charge in [-0.1, -0.05) is 78.3 Å². The fraction of sp³-hybridized carbons (Fsp3) is 0.325. The third-order valence-corrected chi connectivity index (χ3v) is 8.35. The van der Waals surface area contributed by atoms with Crippen LogP contribution in [-0.4, -0.2) is 53.8 Å². The van der Waals surface area contributed by atoms with Crippen LogP contribution in [0.3, 0.4) is 0 Å². The van der Waals surface area contributed by atoms with Gasteiger partial charge in [-0.05, 0) is 92.3 Å². The number of benzene rings is 4. The Labute approximate surface area is 298 Å². The maximum atomic E-state index is 14.4. The molecule has 0 aliphatic carbocycles. The van der Waals surface area contributed by atoms with Gasteiger partial charge in [-0.25, -0.2) is 10.4 Å². The lowest BCUT2D eigenvalue weighted by molar-refractivity contribution is -0.155. The van der Waals surface area contributed by atoms with E-state index in [9.17, 15) is 9.59 Å². The summed E-state index contributed by atoms with van der Waals surface area (Å²) < 4.78 is 17.9. The number of amides is 1. The number of carbonyl (C=O) groups excluding carboxylic acids is 2. The third kappa shape index (κ3) is 9.72. The molecular formula is C40H44ClN3O6. The summed E-state index contributed by atoms with van der Waals surface area (Å²) in [5.41, 5.74) is 8.16. The number of aliphatic hydroxyl groups excluding tert-OH is 1. The minimum atomic E-state index is -1.53. The zero-order valence-electron chi connectivity index (χ0n) is 28.7. The van der Waals surface area contributed by atoms with Crippen LogP contribution in [0.1, 0.15) is 62.8 Å². The van der Waals surface area contributed by atoms with Gasteiger partial charge < -0.3 is 19.3 Å². The lowest BCUT2D eigenvalue weighted by atomic mass is 9.83. The van der Waals surface area contributed by atoms with E-state index in [0.717, 1.165) is 22.3 Å². The molecule has 1 aliphatic rings. The van der Waals surface area contributed by atoms with Crippen molar-refractivity contribution in [2.75, 3.05) is 19.8 Å². The summed E-state index contributed by atoms with van der Waals surface area (Å²) in [6, 6.07) is 32.6. The van der Waals surface area contributed by atoms with Gasteiger partial charge in [0.05, 0.1) is 6.61 Å². The number of rotatable bonds is 15. The van der Waals surface area contributed by atoms with Gasteiger partial charge in [0.2, 0.25) is 5.90 Å². The van der Waals surface area contributed by atoms with E-state index in [2.05, 4.69) is 10.9 Å². The average molecular weight is 698 g/mol. The van der Waals surface area contributed by atoms with Crippen molar-refractivity contribution in [1.82, 2.24) is 10.9 Å². The van der Waals surface area contributed by atoms with Gasteiger partial charge in [0.1, 0.15) is 11.4 Å². The number of aliphatic hydroxyl groups is 1. The van der Waals surface area contributed by atoms with Crippen LogP contribution < -0.4 is 15.6 Å². The average Bonchev–Trinajstić information content (AvgIpc) is 3.50. The van der Waals surface area contributed by atoms with E-state index in [1.54, 1.807) is 32.9 Å². The van der Waals surface area contributed by atoms with Gasteiger partial charge in [-0.3, -0.25) is 15.0 Å². The molecule has 0 saturated heterocycles. The first-order chi connectivity index (χ1) is 24.1. The van der Waals surface area contributed by atoms with Gasteiger partial charge in [0, 0.05) is 36.6 Å². The number of esters is 1. The Bertz CT molecular complexity index is 1760. The van der Waals surface area contributed by atoms with Crippen molar-refractivity contribution in [2.24, 2.45) is 4.99 Å². The first-order valence-corrected chi connectivity index (χ1v) is 17.2. The van der Waals surface area contributed by atoms with Crippen molar-refractivity contribution < 1.29 is 28.9 Å². The van der Waals surface area contributed by atoms with Crippen LogP contribution in [0.2, 0.25) is 5.02 Å². The molecule has 9 nitrogen and oxygen atoms in total. The molecule has 0 saturated carbocycles. The highest BCUT2D eigenvalue weighted by Crippen LogP contribution is 2.44. The molecule has 0 aromatic heterocycles. The first kappa shape index (κ1) is 36.6. The second-order valence-corrected chi connectivity index (χ2v) is 13.6. The first-order valence-electron chi connectivity index (χ1n) is 16.8. The Hall–Kier alpha value is -4.70. The zero-order chi connectivity index (χ0) is 35.6. The lowest BCUT2D eigenvalue weighted by Gasteiger charge is -2.31. The SMILES string of the molecule is CC(C)(C)OC(=O)CC[C@]1(C(=O)NNCCc2cccc(Cl)c2)N=C(c2ccc(OCCCO)cc2)O[C@H]1c1ccc(-c2ccccc2)cc1. The Morgan fingerprint density at radius 2 is 1.62 bits per heavy atom. The van der Waals surface area contributed by atoms with Crippen molar-refractivity contribution in [3.8, 4) is 16.9 Å². The Morgan fingerprint density at radius 3 is 2.30 bits per heavy atom. The van der Waals surface area contributed by atoms with Crippen molar-refractivity contribution in [1.29, 1.82) is 0 Å². The second kappa shape index (κ2) is 16.8. The maximum Gasteiger partial charge on any atom is 0.306 e. The van der Waals surface area contributed by atoms with E-state index in [1.165, 1.54) is 0 Å². The summed E-state index contributed by atoms with van der Waals surface area (Å²) in [7, 11) is 0. The molecule has 0 radical (unpaired) electrons. The van der Waals surface area contributed by atoms with Gasteiger partial charge in [-0.2, -0.15) is 0 Å². The molecule has 0 unspecified atom stereocenters. The number of carbonyl (C=O) groups is 2. The number of ether oxygens (including phenoxy) is 3. The van der Waals surface area contributed by atoms with Crippen LogP contribution in [-0.2, 0) is 25.5 Å². The minimum Gasteiger partial charge on any atom is -0.494 e. The predicted octanol–water partition coefficient (Wildman–Crippen LogP) is 7.01. The summed E-state index contributed by atoms with van der Waals surface area (Å²) >= 11 is 6.16. The van der Waals surface area contributed by atoms with E-state index < -0.39 is 29.1 Å². The summed E-state index contributed by atoms with van der Waals surface area (Å²) in [5, 5.41) is 9.74. The van der Waals surface area contributed by atoms with Crippen molar-refractivity contribution >= 4 is 29.4 Å². The minimum absolute atomic E-state index is 0.0285. The molecule has 10 heteroatoms. The maximum absolute atomic E-state index is 14.4.